The third-order valence-corrected chi connectivity index (χ3v) is 14.7. The van der Waals surface area contributed by atoms with Gasteiger partial charge < -0.3 is 0 Å². The molecule has 0 amide bonds. The van der Waals surface area contributed by atoms with Crippen molar-refractivity contribution in [3.05, 3.63) is 280 Å². The highest BCUT2D eigenvalue weighted by Gasteiger charge is 2.53. The minimum absolute atomic E-state index is 0.159. The van der Waals surface area contributed by atoms with E-state index in [-0.39, 0.29) is 5.41 Å². The van der Waals surface area contributed by atoms with E-state index in [1.165, 1.54) is 77.9 Å². The smallest absolute Gasteiger partial charge is 0.164 e. The molecule has 0 fully saturated rings. The van der Waals surface area contributed by atoms with Crippen molar-refractivity contribution in [1.82, 2.24) is 15.0 Å². The van der Waals surface area contributed by atoms with Gasteiger partial charge in [0.15, 0.2) is 17.5 Å². The number of hydrogen-bond acceptors (Lipinski definition) is 3. The normalized spacial score (nSPS) is 15.0. The second-order valence-corrected chi connectivity index (χ2v) is 18.2. The fourth-order valence-corrected chi connectivity index (χ4v) is 11.9. The van der Waals surface area contributed by atoms with Crippen LogP contribution in [0.25, 0.3) is 56.4 Å². The second kappa shape index (κ2) is 14.0. The van der Waals surface area contributed by atoms with E-state index in [0.717, 1.165) is 16.7 Å². The molecule has 10 aromatic rings. The molecule has 1 aromatic heterocycles. The molecule has 65 heavy (non-hydrogen) atoms. The molecule has 1 spiro atoms. The van der Waals surface area contributed by atoms with E-state index >= 15 is 0 Å². The van der Waals surface area contributed by atoms with Crippen molar-refractivity contribution >= 4 is 0 Å². The van der Waals surface area contributed by atoms with Crippen LogP contribution in [-0.4, -0.2) is 15.0 Å². The van der Waals surface area contributed by atoms with Gasteiger partial charge in [0.2, 0.25) is 0 Å². The lowest BCUT2D eigenvalue weighted by Crippen LogP contribution is -2.40. The van der Waals surface area contributed by atoms with Crippen LogP contribution in [0.4, 0.5) is 0 Å². The highest BCUT2D eigenvalue weighted by molar-refractivity contribution is 5.91. The summed E-state index contributed by atoms with van der Waals surface area (Å²) in [4.78, 5) is 16.0. The summed E-state index contributed by atoms with van der Waals surface area (Å²) in [6.45, 7) is 4.74. The summed E-state index contributed by atoms with van der Waals surface area (Å²) in [6, 6.07) is 81.9. The van der Waals surface area contributed by atoms with Crippen LogP contribution in [0, 0.1) is 0 Å². The van der Waals surface area contributed by atoms with Crippen molar-refractivity contribution in [2.24, 2.45) is 0 Å². The zero-order chi connectivity index (χ0) is 43.3. The lowest BCUT2D eigenvalue weighted by Gasteiger charge is -2.46. The van der Waals surface area contributed by atoms with Gasteiger partial charge in [-0.05, 0) is 90.0 Å². The Labute approximate surface area is 379 Å². The monoisotopic (exact) mass is 829 g/mol. The minimum Gasteiger partial charge on any atom is -0.208 e. The lowest BCUT2D eigenvalue weighted by molar-refractivity contribution is 0.563. The number of benzene rings is 9. The Bertz CT molecular complexity index is 3430. The van der Waals surface area contributed by atoms with Gasteiger partial charge in [0.05, 0.1) is 10.8 Å². The highest BCUT2D eigenvalue weighted by Crippen LogP contribution is 2.62. The summed E-state index contributed by atoms with van der Waals surface area (Å²) in [5, 5.41) is 0. The topological polar surface area (TPSA) is 38.7 Å². The standard InChI is InChI=1S/C62H43N3/c1-60(2)52-30-16-18-32-54(52)62(55-33-19-17-31-53(55)60)50-29-15-13-27-46(50)48-38-41(35-37-51(48)62)58-63-57(40-20-6-3-7-21-40)64-59(65-58)42-34-36-47-45-26-12-14-28-49(45)61(56(47)39-42,43-22-8-4-9-23-43)44-24-10-5-11-25-44/h3-39H,1-2H3. The van der Waals surface area contributed by atoms with Crippen molar-refractivity contribution < 1.29 is 0 Å². The molecule has 3 aliphatic rings. The summed E-state index contributed by atoms with van der Waals surface area (Å²) < 4.78 is 0. The van der Waals surface area contributed by atoms with Gasteiger partial charge in [-0.1, -0.05) is 226 Å². The fourth-order valence-electron chi connectivity index (χ4n) is 11.9. The van der Waals surface area contributed by atoms with Crippen molar-refractivity contribution in [3.8, 4) is 56.4 Å². The van der Waals surface area contributed by atoms with Gasteiger partial charge >= 0.3 is 0 Å². The Balaban J connectivity index is 1.03. The van der Waals surface area contributed by atoms with Crippen LogP contribution >= 0.6 is 0 Å². The summed E-state index contributed by atoms with van der Waals surface area (Å²) >= 11 is 0. The third-order valence-electron chi connectivity index (χ3n) is 14.7. The molecule has 0 N–H and O–H groups in total. The molecule has 3 heteroatoms. The van der Waals surface area contributed by atoms with Gasteiger partial charge in [-0.15, -0.1) is 0 Å². The zero-order valence-electron chi connectivity index (χ0n) is 36.2. The van der Waals surface area contributed by atoms with Gasteiger partial charge in [-0.25, -0.2) is 15.0 Å². The molecule has 13 rings (SSSR count). The molecule has 306 valence electrons. The molecule has 3 nitrogen and oxygen atoms in total. The first kappa shape index (κ1) is 37.5. The zero-order valence-corrected chi connectivity index (χ0v) is 36.2. The SMILES string of the molecule is CC1(C)c2ccccc2C2(c3ccccc3-c3cc(-c4nc(-c5ccccc5)nc(-c5ccc6c(c5)C(c5ccccc5)(c5ccccc5)c5ccccc5-6)n4)ccc32)c2ccccc21. The Kier molecular flexibility index (Phi) is 8.08. The van der Waals surface area contributed by atoms with Crippen molar-refractivity contribution in [2.75, 3.05) is 0 Å². The van der Waals surface area contributed by atoms with E-state index in [1.54, 1.807) is 0 Å². The highest BCUT2D eigenvalue weighted by atomic mass is 15.0. The molecule has 0 atom stereocenters. The van der Waals surface area contributed by atoms with Crippen LogP contribution in [0.15, 0.2) is 224 Å². The number of rotatable bonds is 5. The molecule has 3 aliphatic carbocycles. The Hall–Kier alpha value is -8.01. The molecule has 0 unspecified atom stereocenters. The van der Waals surface area contributed by atoms with Gasteiger partial charge in [0, 0.05) is 22.1 Å². The molecule has 0 bridgehead atoms. The van der Waals surface area contributed by atoms with Crippen molar-refractivity contribution in [2.45, 2.75) is 30.1 Å². The molecule has 0 radical (unpaired) electrons. The van der Waals surface area contributed by atoms with E-state index in [2.05, 4.69) is 220 Å². The summed E-state index contributed by atoms with van der Waals surface area (Å²) in [5.74, 6) is 1.92. The maximum Gasteiger partial charge on any atom is 0.164 e. The third kappa shape index (κ3) is 5.15. The van der Waals surface area contributed by atoms with Crippen LogP contribution in [0.5, 0.6) is 0 Å². The first-order valence-electron chi connectivity index (χ1n) is 22.6. The molecular formula is C62H43N3. The van der Waals surface area contributed by atoms with Gasteiger partial charge in [0.1, 0.15) is 0 Å². The maximum atomic E-state index is 5.42. The van der Waals surface area contributed by atoms with Crippen molar-refractivity contribution in [3.63, 3.8) is 0 Å². The number of hydrogen-bond donors (Lipinski definition) is 0. The largest absolute Gasteiger partial charge is 0.208 e. The Morgan fingerprint density at radius 3 is 1.22 bits per heavy atom. The van der Waals surface area contributed by atoms with Gasteiger partial charge in [-0.3, -0.25) is 0 Å². The average Bonchev–Trinajstić information content (AvgIpc) is 3.84. The number of fused-ring (bicyclic) bond motifs is 12. The predicted octanol–water partition coefficient (Wildman–Crippen LogP) is 14.2. The fraction of sp³-hybridized carbons (Fsp3) is 0.0806. The van der Waals surface area contributed by atoms with E-state index in [0.29, 0.717) is 17.5 Å². The van der Waals surface area contributed by atoms with Crippen molar-refractivity contribution in [1.29, 1.82) is 0 Å². The van der Waals surface area contributed by atoms with E-state index in [1.807, 2.05) is 18.2 Å². The van der Waals surface area contributed by atoms with Crippen LogP contribution in [0.1, 0.15) is 69.5 Å². The summed E-state index contributed by atoms with van der Waals surface area (Å²) in [7, 11) is 0. The van der Waals surface area contributed by atoms with Gasteiger partial charge in [-0.2, -0.15) is 0 Å². The first-order chi connectivity index (χ1) is 32.0. The maximum absolute atomic E-state index is 5.42. The summed E-state index contributed by atoms with van der Waals surface area (Å²) in [5.41, 5.74) is 19.5. The van der Waals surface area contributed by atoms with Crippen LogP contribution in [-0.2, 0) is 16.2 Å². The van der Waals surface area contributed by atoms with Crippen LogP contribution in [0.3, 0.4) is 0 Å². The quantitative estimate of drug-likeness (QED) is 0.173. The van der Waals surface area contributed by atoms with E-state index in [4.69, 9.17) is 15.0 Å². The van der Waals surface area contributed by atoms with E-state index in [9.17, 15) is 0 Å². The number of nitrogens with zero attached hydrogens (tertiary/aromatic N) is 3. The molecule has 9 aromatic carbocycles. The second-order valence-electron chi connectivity index (χ2n) is 18.2. The Morgan fingerprint density at radius 2 is 0.646 bits per heavy atom. The first-order valence-corrected chi connectivity index (χ1v) is 22.6. The number of aromatic nitrogens is 3. The minimum atomic E-state index is -0.544. The molecule has 1 heterocycles. The van der Waals surface area contributed by atoms with Crippen LogP contribution < -0.4 is 0 Å². The van der Waals surface area contributed by atoms with Crippen LogP contribution in [0.2, 0.25) is 0 Å². The molecule has 0 saturated heterocycles. The average molecular weight is 830 g/mol. The Morgan fingerprint density at radius 1 is 0.262 bits per heavy atom. The lowest BCUT2D eigenvalue weighted by atomic mass is 9.55. The van der Waals surface area contributed by atoms with Gasteiger partial charge in [0.25, 0.3) is 0 Å². The predicted molar refractivity (Wildman–Crippen MR) is 263 cm³/mol. The molecular weight excluding hydrogens is 787 g/mol. The molecule has 0 saturated carbocycles. The van der Waals surface area contributed by atoms with E-state index < -0.39 is 10.8 Å². The molecule has 0 aliphatic heterocycles. The summed E-state index contributed by atoms with van der Waals surface area (Å²) in [6.07, 6.45) is 0.